The summed E-state index contributed by atoms with van der Waals surface area (Å²) in [7, 11) is 0. The molecule has 23 heavy (non-hydrogen) atoms. The first-order chi connectivity index (χ1) is 11.1. The Labute approximate surface area is 138 Å². The van der Waals surface area contributed by atoms with E-state index in [1.54, 1.807) is 17.0 Å². The number of guanidine groups is 1. The van der Waals surface area contributed by atoms with Gasteiger partial charge in [0.1, 0.15) is 5.84 Å². The van der Waals surface area contributed by atoms with Gasteiger partial charge < -0.3 is 4.90 Å². The molecule has 7 nitrogen and oxygen atoms in total. The second kappa shape index (κ2) is 6.45. The van der Waals surface area contributed by atoms with Crippen molar-refractivity contribution in [1.82, 2.24) is 9.80 Å². The van der Waals surface area contributed by atoms with Gasteiger partial charge in [0.2, 0.25) is 12.0 Å². The molecule has 2 aliphatic heterocycles. The summed E-state index contributed by atoms with van der Waals surface area (Å²) in [6.07, 6.45) is 0.845. The van der Waals surface area contributed by atoms with E-state index in [1.807, 2.05) is 17.0 Å². The number of fused-ring (bicyclic) bond motifs is 1. The van der Waals surface area contributed by atoms with E-state index in [4.69, 9.17) is 17.0 Å². The van der Waals surface area contributed by atoms with Crippen molar-refractivity contribution in [2.45, 2.75) is 19.0 Å². The molecule has 0 saturated carbocycles. The molecule has 120 valence electrons. The number of halogens is 1. The van der Waals surface area contributed by atoms with Crippen LogP contribution in [0.15, 0.2) is 34.4 Å². The molecule has 1 unspecified atom stereocenters. The summed E-state index contributed by atoms with van der Waals surface area (Å²) in [6, 6.07) is 5.94. The minimum Gasteiger partial charge on any atom is -0.335 e. The smallest absolute Gasteiger partial charge is 0.209 e. The minimum absolute atomic E-state index is 0.0642. The Balaban J connectivity index is 1.96. The Bertz CT molecular complexity index is 673. The number of Topliss-reactive ketones (excluding diaryl/α,β-unsaturated/α-hetero) is 1. The number of carbonyl (C=O) groups excluding carboxylic acids is 1. The summed E-state index contributed by atoms with van der Waals surface area (Å²) in [5.74, 6) is 0.0806. The number of nitroso groups, excluding NO2 is 1. The van der Waals surface area contributed by atoms with Crippen molar-refractivity contribution in [2.75, 3.05) is 19.6 Å². The Morgan fingerprint density at radius 3 is 2.78 bits per heavy atom. The van der Waals surface area contributed by atoms with Crippen LogP contribution in [0.25, 0.3) is 0 Å². The molecule has 1 atom stereocenters. The molecule has 0 bridgehead atoms. The molecule has 2 heterocycles. The molecule has 0 spiro atoms. The average Bonchev–Trinajstić information content (AvgIpc) is 2.64. The number of nitrogens with zero attached hydrogens (tertiary/aromatic N) is 4. The third kappa shape index (κ3) is 3.10. The van der Waals surface area contributed by atoms with Gasteiger partial charge >= 0.3 is 0 Å². The first-order valence-corrected chi connectivity index (χ1v) is 7.73. The highest BCUT2D eigenvalue weighted by molar-refractivity contribution is 6.30. The van der Waals surface area contributed by atoms with Crippen LogP contribution in [0.5, 0.6) is 0 Å². The van der Waals surface area contributed by atoms with E-state index in [0.29, 0.717) is 30.6 Å². The molecular formula is C15H16ClN5O2. The fourth-order valence-electron chi connectivity index (χ4n) is 2.77. The zero-order valence-corrected chi connectivity index (χ0v) is 13.2. The summed E-state index contributed by atoms with van der Waals surface area (Å²) in [6.45, 7) is 1.73. The van der Waals surface area contributed by atoms with Gasteiger partial charge in [-0.05, 0) is 24.1 Å². The van der Waals surface area contributed by atoms with Gasteiger partial charge in [0.25, 0.3) is 0 Å². The highest BCUT2D eigenvalue weighted by Gasteiger charge is 2.38. The predicted molar refractivity (Wildman–Crippen MR) is 87.8 cm³/mol. The fourth-order valence-corrected chi connectivity index (χ4v) is 2.89. The van der Waals surface area contributed by atoms with E-state index in [1.165, 1.54) is 0 Å². The molecule has 1 N–H and O–H groups in total. The van der Waals surface area contributed by atoms with Crippen LogP contribution in [0.2, 0.25) is 5.02 Å². The van der Waals surface area contributed by atoms with Crippen LogP contribution >= 0.6 is 11.6 Å². The molecule has 3 rings (SSSR count). The monoisotopic (exact) mass is 333 g/mol. The summed E-state index contributed by atoms with van der Waals surface area (Å²) >= 11 is 5.90. The molecule has 0 amide bonds. The Hall–Kier alpha value is -2.28. The van der Waals surface area contributed by atoms with Gasteiger partial charge in [-0.15, -0.1) is 4.91 Å². The lowest BCUT2D eigenvalue weighted by Gasteiger charge is -2.33. The summed E-state index contributed by atoms with van der Waals surface area (Å²) in [5, 5.41) is 11.8. The molecule has 1 saturated heterocycles. The standard InChI is InChI=1S/C15H16ClN5O2/c16-11-4-2-10(3-5-11)8-21-14(17)13(19-23)12(22)9-20-7-1-6-18-15(20)21/h2-5,13,17H,1,6-9H2. The highest BCUT2D eigenvalue weighted by atomic mass is 35.5. The maximum atomic E-state index is 12.2. The van der Waals surface area contributed by atoms with E-state index in [-0.39, 0.29) is 18.2 Å². The van der Waals surface area contributed by atoms with Crippen molar-refractivity contribution >= 4 is 29.2 Å². The molecule has 1 fully saturated rings. The van der Waals surface area contributed by atoms with Crippen molar-refractivity contribution in [2.24, 2.45) is 10.2 Å². The lowest BCUT2D eigenvalue weighted by molar-refractivity contribution is -0.119. The van der Waals surface area contributed by atoms with E-state index >= 15 is 0 Å². The lowest BCUT2D eigenvalue weighted by atomic mass is 10.1. The molecule has 0 aromatic heterocycles. The van der Waals surface area contributed by atoms with Crippen LogP contribution in [0.4, 0.5) is 0 Å². The number of ketones is 1. The predicted octanol–water partition coefficient (Wildman–Crippen LogP) is 1.90. The fraction of sp³-hybridized carbons (Fsp3) is 0.400. The van der Waals surface area contributed by atoms with Crippen molar-refractivity contribution in [3.05, 3.63) is 39.8 Å². The number of amidine groups is 1. The third-order valence-electron chi connectivity index (χ3n) is 3.92. The summed E-state index contributed by atoms with van der Waals surface area (Å²) in [5.41, 5.74) is 0.909. The van der Waals surface area contributed by atoms with Crippen molar-refractivity contribution in [1.29, 1.82) is 5.41 Å². The van der Waals surface area contributed by atoms with Crippen molar-refractivity contribution in [3.8, 4) is 0 Å². The minimum atomic E-state index is -1.28. The van der Waals surface area contributed by atoms with Crippen LogP contribution in [0.3, 0.4) is 0 Å². The molecular weight excluding hydrogens is 318 g/mol. The topological polar surface area (TPSA) is 89.2 Å². The normalized spacial score (nSPS) is 21.6. The number of carbonyl (C=O) groups is 1. The second-order valence-corrected chi connectivity index (χ2v) is 5.97. The quantitative estimate of drug-likeness (QED) is 0.855. The van der Waals surface area contributed by atoms with Crippen LogP contribution in [0.1, 0.15) is 12.0 Å². The van der Waals surface area contributed by atoms with Crippen LogP contribution in [-0.4, -0.2) is 53.1 Å². The van der Waals surface area contributed by atoms with Crippen LogP contribution in [-0.2, 0) is 11.3 Å². The largest absolute Gasteiger partial charge is 0.335 e. The number of aliphatic imine (C=N–C) groups is 1. The van der Waals surface area contributed by atoms with Gasteiger partial charge in [-0.1, -0.05) is 28.9 Å². The lowest BCUT2D eigenvalue weighted by Crippen LogP contribution is -2.48. The average molecular weight is 334 g/mol. The number of nitrogens with one attached hydrogen (secondary N) is 1. The Kier molecular flexibility index (Phi) is 4.38. The number of hydrogen-bond donors (Lipinski definition) is 1. The van der Waals surface area contributed by atoms with E-state index in [0.717, 1.165) is 12.0 Å². The summed E-state index contributed by atoms with van der Waals surface area (Å²) < 4.78 is 0. The Morgan fingerprint density at radius 2 is 2.09 bits per heavy atom. The Morgan fingerprint density at radius 1 is 1.35 bits per heavy atom. The van der Waals surface area contributed by atoms with Gasteiger partial charge in [-0.3, -0.25) is 20.1 Å². The molecule has 0 aliphatic carbocycles. The van der Waals surface area contributed by atoms with Gasteiger partial charge in [0.15, 0.2) is 5.78 Å². The first-order valence-electron chi connectivity index (χ1n) is 7.35. The maximum Gasteiger partial charge on any atom is 0.209 e. The summed E-state index contributed by atoms with van der Waals surface area (Å²) in [4.78, 5) is 31.1. The maximum absolute atomic E-state index is 12.2. The van der Waals surface area contributed by atoms with Gasteiger partial charge in [0.05, 0.1) is 13.1 Å². The molecule has 8 heteroatoms. The number of hydrogen-bond acceptors (Lipinski definition) is 6. The highest BCUT2D eigenvalue weighted by Crippen LogP contribution is 2.19. The van der Waals surface area contributed by atoms with Gasteiger partial charge in [0, 0.05) is 18.1 Å². The van der Waals surface area contributed by atoms with Gasteiger partial charge in [-0.25, -0.2) is 0 Å². The van der Waals surface area contributed by atoms with Crippen LogP contribution in [0, 0.1) is 10.3 Å². The molecule has 0 radical (unpaired) electrons. The number of rotatable bonds is 3. The van der Waals surface area contributed by atoms with E-state index in [2.05, 4.69) is 10.2 Å². The number of benzene rings is 1. The van der Waals surface area contributed by atoms with E-state index in [9.17, 15) is 9.70 Å². The van der Waals surface area contributed by atoms with Crippen molar-refractivity contribution < 1.29 is 4.79 Å². The first kappa shape index (κ1) is 15.6. The molecule has 1 aromatic carbocycles. The third-order valence-corrected chi connectivity index (χ3v) is 4.18. The van der Waals surface area contributed by atoms with E-state index < -0.39 is 6.04 Å². The van der Waals surface area contributed by atoms with Crippen molar-refractivity contribution in [3.63, 3.8) is 0 Å². The van der Waals surface area contributed by atoms with Gasteiger partial charge in [-0.2, -0.15) is 0 Å². The zero-order chi connectivity index (χ0) is 16.4. The zero-order valence-electron chi connectivity index (χ0n) is 12.4. The molecule has 2 aliphatic rings. The second-order valence-electron chi connectivity index (χ2n) is 5.53. The SMILES string of the molecule is N=C1C(N=O)C(=O)CN2CCCN=C2N1Cc1ccc(Cl)cc1. The molecule has 1 aromatic rings. The van der Waals surface area contributed by atoms with Crippen LogP contribution < -0.4 is 0 Å².